The zero-order chi connectivity index (χ0) is 25.7. The number of likely N-dealkylation sites (N-methyl/N-ethyl adjacent to an activating group) is 1. The van der Waals surface area contributed by atoms with Crippen LogP contribution >= 0.6 is 0 Å². The second kappa shape index (κ2) is 9.04. The van der Waals surface area contributed by atoms with Gasteiger partial charge in [-0.1, -0.05) is 30.3 Å². The van der Waals surface area contributed by atoms with Crippen molar-refractivity contribution >= 4 is 16.4 Å². The highest BCUT2D eigenvalue weighted by atomic mass is 32.2. The summed E-state index contributed by atoms with van der Waals surface area (Å²) < 4.78 is 44.1. The van der Waals surface area contributed by atoms with Crippen LogP contribution in [0.25, 0.3) is 0 Å². The lowest BCUT2D eigenvalue weighted by Gasteiger charge is -2.49. The first-order valence-corrected chi connectivity index (χ1v) is 13.6. The van der Waals surface area contributed by atoms with E-state index in [1.54, 1.807) is 13.1 Å². The zero-order valence-electron chi connectivity index (χ0n) is 20.5. The maximum atomic E-state index is 15.0. The average molecular weight is 516 g/mol. The Balaban J connectivity index is 1.34. The maximum Gasteiger partial charge on any atom is 0.261 e. The Hall–Kier alpha value is -2.63. The maximum absolute atomic E-state index is 15.0. The number of quaternary nitrogens is 1. The molecule has 2 aliphatic heterocycles. The zero-order valence-corrected chi connectivity index (χ0v) is 21.3. The lowest BCUT2D eigenvalue weighted by atomic mass is 9.86. The third-order valence-electron chi connectivity index (χ3n) is 7.32. The fourth-order valence-corrected chi connectivity index (χ4v) is 6.09. The Labute approximate surface area is 211 Å². The Morgan fingerprint density at radius 1 is 1.28 bits per heavy atom. The van der Waals surface area contributed by atoms with Crippen molar-refractivity contribution in [3.63, 3.8) is 0 Å². The SMILES string of the molecule is CC1(O)CN(C2Cc3cc(F)c(OCC[N+]4(C)C=NC(S(N)(=O)=O)=C4)cc3C2Cc2ccccc2)C1. The number of sulfonamides is 1. The smallest absolute Gasteiger partial charge is 0.261 e. The van der Waals surface area contributed by atoms with Gasteiger partial charge in [-0.2, -0.15) is 4.99 Å². The normalized spacial score (nSPS) is 27.0. The summed E-state index contributed by atoms with van der Waals surface area (Å²) in [6.45, 7) is 3.58. The lowest BCUT2D eigenvalue weighted by Crippen LogP contribution is -2.63. The van der Waals surface area contributed by atoms with E-state index >= 15 is 4.39 Å². The highest BCUT2D eigenvalue weighted by molar-refractivity contribution is 7.93. The molecule has 192 valence electrons. The van der Waals surface area contributed by atoms with E-state index in [4.69, 9.17) is 9.88 Å². The van der Waals surface area contributed by atoms with Crippen LogP contribution in [0.3, 0.4) is 0 Å². The molecule has 3 atom stereocenters. The van der Waals surface area contributed by atoms with Crippen molar-refractivity contribution in [3.8, 4) is 5.75 Å². The number of aliphatic imine (C=N–C) groups is 1. The molecule has 10 heteroatoms. The Morgan fingerprint density at radius 2 is 2.00 bits per heavy atom. The number of halogens is 1. The molecular formula is C26H32FN4O4S+. The van der Waals surface area contributed by atoms with E-state index in [0.717, 1.165) is 24.0 Å². The molecule has 1 aliphatic carbocycles. The van der Waals surface area contributed by atoms with Gasteiger partial charge in [0.1, 0.15) is 19.4 Å². The number of benzene rings is 2. The number of rotatable bonds is 8. The number of primary sulfonamides is 1. The molecule has 0 aromatic heterocycles. The highest BCUT2D eigenvalue weighted by Crippen LogP contribution is 2.43. The number of likely N-dealkylation sites (tertiary alicyclic amines) is 1. The summed E-state index contributed by atoms with van der Waals surface area (Å²) in [7, 11) is -2.12. The number of hydrogen-bond donors (Lipinski definition) is 2. The molecule has 0 amide bonds. The predicted molar refractivity (Wildman–Crippen MR) is 135 cm³/mol. The van der Waals surface area contributed by atoms with Gasteiger partial charge in [-0.25, -0.2) is 17.9 Å². The molecule has 0 bridgehead atoms. The Morgan fingerprint density at radius 3 is 2.64 bits per heavy atom. The average Bonchev–Trinajstić information content (AvgIpc) is 3.34. The van der Waals surface area contributed by atoms with Gasteiger partial charge < -0.3 is 9.84 Å². The summed E-state index contributed by atoms with van der Waals surface area (Å²) >= 11 is 0. The molecule has 5 rings (SSSR count). The fourth-order valence-electron chi connectivity index (χ4n) is 5.51. The number of ether oxygens (including phenoxy) is 1. The van der Waals surface area contributed by atoms with Gasteiger partial charge in [0.05, 0.1) is 12.6 Å². The number of fused-ring (bicyclic) bond motifs is 1. The molecule has 3 aliphatic rings. The molecule has 1 fully saturated rings. The fraction of sp³-hybridized carbons (Fsp3) is 0.423. The van der Waals surface area contributed by atoms with Gasteiger partial charge in [-0.3, -0.25) is 9.38 Å². The summed E-state index contributed by atoms with van der Waals surface area (Å²) in [6, 6.07) is 13.8. The van der Waals surface area contributed by atoms with Crippen molar-refractivity contribution in [3.05, 3.63) is 76.2 Å². The van der Waals surface area contributed by atoms with Gasteiger partial charge in [0.2, 0.25) is 5.03 Å². The molecule has 2 heterocycles. The molecule has 8 nitrogen and oxygen atoms in total. The first-order chi connectivity index (χ1) is 16.9. The van der Waals surface area contributed by atoms with Crippen LogP contribution in [0.2, 0.25) is 0 Å². The molecular weight excluding hydrogens is 483 g/mol. The van der Waals surface area contributed by atoms with E-state index in [1.165, 1.54) is 18.1 Å². The summed E-state index contributed by atoms with van der Waals surface area (Å²) in [4.78, 5) is 6.18. The van der Waals surface area contributed by atoms with Crippen LogP contribution in [0.5, 0.6) is 5.75 Å². The lowest BCUT2D eigenvalue weighted by molar-refractivity contribution is -0.756. The van der Waals surface area contributed by atoms with Crippen molar-refractivity contribution in [2.75, 3.05) is 33.3 Å². The van der Waals surface area contributed by atoms with Crippen LogP contribution in [0.15, 0.2) is 58.7 Å². The molecule has 3 unspecified atom stereocenters. The van der Waals surface area contributed by atoms with E-state index in [1.807, 2.05) is 31.2 Å². The Kier molecular flexibility index (Phi) is 6.29. The second-order valence-electron chi connectivity index (χ2n) is 10.6. The third-order valence-corrected chi connectivity index (χ3v) is 8.11. The molecule has 2 aromatic rings. The van der Waals surface area contributed by atoms with Crippen molar-refractivity contribution in [2.24, 2.45) is 10.1 Å². The minimum atomic E-state index is -3.89. The Bertz CT molecular complexity index is 1320. The first-order valence-electron chi connectivity index (χ1n) is 12.0. The molecule has 0 radical (unpaired) electrons. The van der Waals surface area contributed by atoms with E-state index in [2.05, 4.69) is 22.0 Å². The summed E-state index contributed by atoms with van der Waals surface area (Å²) in [5.74, 6) is -0.0830. The summed E-state index contributed by atoms with van der Waals surface area (Å²) in [6.07, 6.45) is 4.46. The van der Waals surface area contributed by atoms with E-state index in [0.29, 0.717) is 19.6 Å². The van der Waals surface area contributed by atoms with Crippen LogP contribution in [-0.2, 0) is 22.9 Å². The number of β-amino-alcohol motifs (C(OH)–C–C–N with tert-alkyl or cyclic N) is 1. The van der Waals surface area contributed by atoms with Gasteiger partial charge in [0, 0.05) is 25.0 Å². The number of aliphatic hydroxyl groups is 1. The van der Waals surface area contributed by atoms with Gasteiger partial charge in [-0.15, -0.1) is 0 Å². The van der Waals surface area contributed by atoms with Gasteiger partial charge in [0.15, 0.2) is 17.9 Å². The highest BCUT2D eigenvalue weighted by Gasteiger charge is 2.46. The van der Waals surface area contributed by atoms with Crippen LogP contribution in [0, 0.1) is 5.82 Å². The van der Waals surface area contributed by atoms with Crippen molar-refractivity contribution in [1.82, 2.24) is 4.90 Å². The van der Waals surface area contributed by atoms with Crippen LogP contribution in [0.4, 0.5) is 4.39 Å². The topological polar surface area (TPSA) is 105 Å². The van der Waals surface area contributed by atoms with Crippen molar-refractivity contribution in [1.29, 1.82) is 0 Å². The molecule has 0 saturated carbocycles. The van der Waals surface area contributed by atoms with Gasteiger partial charge in [-0.05, 0) is 48.6 Å². The van der Waals surface area contributed by atoms with Crippen molar-refractivity contribution < 1.29 is 27.1 Å². The number of hydrogen-bond acceptors (Lipinski definition) is 6. The third kappa shape index (κ3) is 5.09. The molecule has 0 spiro atoms. The monoisotopic (exact) mass is 515 g/mol. The van der Waals surface area contributed by atoms with E-state index < -0.39 is 21.4 Å². The first kappa shape index (κ1) is 25.0. The molecule has 3 N–H and O–H groups in total. The largest absolute Gasteiger partial charge is 0.485 e. The molecule has 2 aromatic carbocycles. The molecule has 36 heavy (non-hydrogen) atoms. The van der Waals surface area contributed by atoms with E-state index in [9.17, 15) is 13.5 Å². The number of nitrogens with two attached hydrogens (primary N) is 1. The minimum Gasteiger partial charge on any atom is -0.485 e. The van der Waals surface area contributed by atoms with E-state index in [-0.39, 0.29) is 33.8 Å². The summed E-state index contributed by atoms with van der Waals surface area (Å²) in [5.41, 5.74) is 2.58. The van der Waals surface area contributed by atoms with Crippen LogP contribution in [0.1, 0.15) is 29.5 Å². The van der Waals surface area contributed by atoms with Gasteiger partial charge >= 0.3 is 0 Å². The standard InChI is InChI=1S/C26H32FN4O4S/c1-26(32)15-30(16-26)23-12-19-11-22(27)24(13-20(19)21(23)10-18-6-4-3-5-7-18)35-9-8-31(2)14-25(29-17-31)36(28,33)34/h3-7,11,13-14,17,21,23,32H,8-10,12,15-16H2,1-2H3,(H2,28,33,34)/q+1. The van der Waals surface area contributed by atoms with Crippen LogP contribution in [-0.4, -0.2) is 74.2 Å². The van der Waals surface area contributed by atoms with Gasteiger partial charge in [0.25, 0.3) is 10.0 Å². The van der Waals surface area contributed by atoms with Crippen molar-refractivity contribution in [2.45, 2.75) is 37.3 Å². The molecule has 1 saturated heterocycles. The summed E-state index contributed by atoms with van der Waals surface area (Å²) in [5, 5.41) is 15.3. The second-order valence-corrected chi connectivity index (χ2v) is 12.1. The minimum absolute atomic E-state index is 0.0892. The van der Waals surface area contributed by atoms with Crippen LogP contribution < -0.4 is 9.88 Å². The number of nitrogens with zero attached hydrogens (tertiary/aromatic N) is 3. The quantitative estimate of drug-likeness (QED) is 0.524. The predicted octanol–water partition coefficient (Wildman–Crippen LogP) is 2.10.